The molecule has 1 N–H and O–H groups in total. The van der Waals surface area contributed by atoms with E-state index in [0.717, 1.165) is 22.9 Å². The third-order valence-electron chi connectivity index (χ3n) is 1.86. The van der Waals surface area contributed by atoms with Crippen LogP contribution in [-0.2, 0) is 6.54 Å². The largest absolute Gasteiger partial charge is 0.316 e. The molecule has 0 unspecified atom stereocenters. The van der Waals surface area contributed by atoms with E-state index in [0.29, 0.717) is 0 Å². The first kappa shape index (κ1) is 11.9. The predicted octanol–water partition coefficient (Wildman–Crippen LogP) is 3.56. The Morgan fingerprint density at radius 3 is 2.79 bits per heavy atom. The van der Waals surface area contributed by atoms with E-state index in [2.05, 4.69) is 30.4 Å². The summed E-state index contributed by atoms with van der Waals surface area (Å²) in [6.07, 6.45) is 1.19. The minimum atomic E-state index is 0.831. The van der Waals surface area contributed by atoms with Gasteiger partial charge in [0.2, 0.25) is 0 Å². The van der Waals surface area contributed by atoms with Gasteiger partial charge in [-0.3, -0.25) is 0 Å². The Morgan fingerprint density at radius 2 is 2.21 bits per heavy atom. The second-order valence-corrected chi connectivity index (χ2v) is 4.71. The van der Waals surface area contributed by atoms with Crippen LogP contribution in [0.1, 0.15) is 18.9 Å². The molecule has 0 saturated heterocycles. The van der Waals surface area contributed by atoms with Crippen molar-refractivity contribution in [3.8, 4) is 0 Å². The topological polar surface area (TPSA) is 12.0 Å². The molecule has 0 bridgehead atoms. The third kappa shape index (κ3) is 3.52. The maximum absolute atomic E-state index is 6.13. The maximum atomic E-state index is 6.13. The normalized spacial score (nSPS) is 10.5. The summed E-state index contributed by atoms with van der Waals surface area (Å²) >= 11 is 7.99. The molecule has 1 aromatic carbocycles. The summed E-state index contributed by atoms with van der Waals surface area (Å²) in [5.41, 5.74) is 1.16. The molecule has 0 fully saturated rings. The van der Waals surface area contributed by atoms with E-state index in [1.165, 1.54) is 11.3 Å². The van der Waals surface area contributed by atoms with Gasteiger partial charge in [0.15, 0.2) is 0 Å². The number of rotatable bonds is 5. The smallest absolute Gasteiger partial charge is 0.0462 e. The average Bonchev–Trinajstić information content (AvgIpc) is 2.19. The Balaban J connectivity index is 2.68. The lowest BCUT2D eigenvalue weighted by Crippen LogP contribution is -2.05. The lowest BCUT2D eigenvalue weighted by Gasteiger charge is -2.05. The van der Waals surface area contributed by atoms with Gasteiger partial charge in [-0.25, -0.2) is 0 Å². The van der Waals surface area contributed by atoms with Crippen LogP contribution in [-0.4, -0.2) is 12.8 Å². The van der Waals surface area contributed by atoms with Gasteiger partial charge in [-0.15, -0.1) is 11.8 Å². The van der Waals surface area contributed by atoms with Gasteiger partial charge in [0, 0.05) is 16.5 Å². The predicted molar refractivity (Wildman–Crippen MR) is 65.2 cm³/mol. The van der Waals surface area contributed by atoms with E-state index in [9.17, 15) is 0 Å². The summed E-state index contributed by atoms with van der Waals surface area (Å²) in [5, 5.41) is 3.96. The summed E-state index contributed by atoms with van der Waals surface area (Å²) in [4.78, 5) is 1.26. The van der Waals surface area contributed by atoms with Crippen LogP contribution >= 0.6 is 23.4 Å². The van der Waals surface area contributed by atoms with Gasteiger partial charge in [-0.05, 0) is 36.9 Å². The lowest BCUT2D eigenvalue weighted by atomic mass is 10.2. The van der Waals surface area contributed by atoms with Crippen molar-refractivity contribution in [1.82, 2.24) is 5.32 Å². The fourth-order valence-corrected chi connectivity index (χ4v) is 2.29. The second kappa shape index (κ2) is 6.33. The molecule has 0 aliphatic heterocycles. The molecule has 1 rings (SSSR count). The van der Waals surface area contributed by atoms with Crippen molar-refractivity contribution in [2.45, 2.75) is 24.8 Å². The van der Waals surface area contributed by atoms with Crippen molar-refractivity contribution in [2.24, 2.45) is 0 Å². The van der Waals surface area contributed by atoms with Gasteiger partial charge in [0.25, 0.3) is 0 Å². The zero-order valence-electron chi connectivity index (χ0n) is 8.64. The molecule has 0 amide bonds. The monoisotopic (exact) mass is 229 g/mol. The molecule has 0 radical (unpaired) electrons. The van der Waals surface area contributed by atoms with E-state index < -0.39 is 0 Å². The van der Waals surface area contributed by atoms with Gasteiger partial charge in [0.05, 0.1) is 0 Å². The van der Waals surface area contributed by atoms with Crippen LogP contribution in [0.2, 0.25) is 5.02 Å². The maximum Gasteiger partial charge on any atom is 0.0462 e. The average molecular weight is 230 g/mol. The van der Waals surface area contributed by atoms with Gasteiger partial charge in [0.1, 0.15) is 0 Å². The first-order valence-electron chi connectivity index (χ1n) is 4.83. The van der Waals surface area contributed by atoms with Crippen LogP contribution in [0.3, 0.4) is 0 Å². The molecule has 78 valence electrons. The number of halogens is 1. The number of thioether (sulfide) groups is 1. The Bertz CT molecular complexity index is 289. The van der Waals surface area contributed by atoms with Crippen molar-refractivity contribution < 1.29 is 0 Å². The summed E-state index contributed by atoms with van der Waals surface area (Å²) in [7, 11) is 1.93. The number of hydrogen-bond acceptors (Lipinski definition) is 2. The van der Waals surface area contributed by atoms with Crippen LogP contribution < -0.4 is 5.32 Å². The van der Waals surface area contributed by atoms with Gasteiger partial charge < -0.3 is 5.32 Å². The zero-order chi connectivity index (χ0) is 10.4. The standard InChI is InChI=1S/C11H16ClNS/c1-3-6-14-10-5-4-9(8-13-2)11(12)7-10/h4-5,7,13H,3,6,8H2,1-2H3. The molecule has 3 heteroatoms. The molecule has 0 aromatic heterocycles. The lowest BCUT2D eigenvalue weighted by molar-refractivity contribution is 0.817. The summed E-state index contributed by atoms with van der Waals surface area (Å²) in [6, 6.07) is 6.28. The number of hydrogen-bond donors (Lipinski definition) is 1. The third-order valence-corrected chi connectivity index (χ3v) is 3.42. The van der Waals surface area contributed by atoms with Gasteiger partial charge >= 0.3 is 0 Å². The molecule has 0 spiro atoms. The van der Waals surface area contributed by atoms with Crippen LogP contribution in [0, 0.1) is 0 Å². The molecule has 14 heavy (non-hydrogen) atoms. The Hall–Kier alpha value is -0.180. The molecular weight excluding hydrogens is 214 g/mol. The fraction of sp³-hybridized carbons (Fsp3) is 0.455. The zero-order valence-corrected chi connectivity index (χ0v) is 10.2. The minimum Gasteiger partial charge on any atom is -0.316 e. The van der Waals surface area contributed by atoms with Crippen molar-refractivity contribution in [2.75, 3.05) is 12.8 Å². The van der Waals surface area contributed by atoms with E-state index in [1.54, 1.807) is 0 Å². The summed E-state index contributed by atoms with van der Waals surface area (Å²) < 4.78 is 0. The van der Waals surface area contributed by atoms with Crippen LogP contribution in [0.5, 0.6) is 0 Å². The number of nitrogens with one attached hydrogen (secondary N) is 1. The molecular formula is C11H16ClNS. The van der Waals surface area contributed by atoms with Crippen molar-refractivity contribution in [3.05, 3.63) is 28.8 Å². The Kier molecular flexibility index (Phi) is 5.38. The van der Waals surface area contributed by atoms with Crippen LogP contribution in [0.4, 0.5) is 0 Å². The molecule has 0 saturated carbocycles. The Labute approximate surface area is 95.2 Å². The van der Waals surface area contributed by atoms with Gasteiger partial charge in [-0.1, -0.05) is 24.6 Å². The SMILES string of the molecule is CCCSc1ccc(CNC)c(Cl)c1. The van der Waals surface area contributed by atoms with Gasteiger partial charge in [-0.2, -0.15) is 0 Å². The van der Waals surface area contributed by atoms with Crippen LogP contribution in [0.15, 0.2) is 23.1 Å². The van der Waals surface area contributed by atoms with Crippen LogP contribution in [0.25, 0.3) is 0 Å². The summed E-state index contributed by atoms with van der Waals surface area (Å²) in [6.45, 7) is 3.02. The molecule has 0 heterocycles. The number of benzene rings is 1. The first-order valence-corrected chi connectivity index (χ1v) is 6.20. The Morgan fingerprint density at radius 1 is 1.43 bits per heavy atom. The minimum absolute atomic E-state index is 0.831. The highest BCUT2D eigenvalue weighted by atomic mass is 35.5. The first-order chi connectivity index (χ1) is 6.77. The molecule has 0 aliphatic carbocycles. The summed E-state index contributed by atoms with van der Waals surface area (Å²) in [5.74, 6) is 1.15. The van der Waals surface area contributed by atoms with E-state index >= 15 is 0 Å². The molecule has 0 aliphatic rings. The van der Waals surface area contributed by atoms with Crippen molar-refractivity contribution >= 4 is 23.4 Å². The van der Waals surface area contributed by atoms with E-state index in [-0.39, 0.29) is 0 Å². The van der Waals surface area contributed by atoms with E-state index in [4.69, 9.17) is 11.6 Å². The molecule has 1 nitrogen and oxygen atoms in total. The molecule has 0 atom stereocenters. The van der Waals surface area contributed by atoms with E-state index in [1.807, 2.05) is 18.8 Å². The highest BCUT2D eigenvalue weighted by Gasteiger charge is 2.00. The molecule has 1 aromatic rings. The van der Waals surface area contributed by atoms with Crippen molar-refractivity contribution in [3.63, 3.8) is 0 Å². The van der Waals surface area contributed by atoms with Crippen molar-refractivity contribution in [1.29, 1.82) is 0 Å². The highest BCUT2D eigenvalue weighted by Crippen LogP contribution is 2.25. The highest BCUT2D eigenvalue weighted by molar-refractivity contribution is 7.99. The quantitative estimate of drug-likeness (QED) is 0.775. The second-order valence-electron chi connectivity index (χ2n) is 3.13. The fourth-order valence-electron chi connectivity index (χ4n) is 1.17.